The third kappa shape index (κ3) is 10.4. The number of ether oxygens (including phenoxy) is 9. The van der Waals surface area contributed by atoms with E-state index in [0.29, 0.717) is 38.5 Å². The number of ketones is 1. The van der Waals surface area contributed by atoms with Crippen LogP contribution < -0.4 is 0 Å². The van der Waals surface area contributed by atoms with E-state index in [9.17, 15) is 81.4 Å². The molecule has 438 valence electrons. The van der Waals surface area contributed by atoms with Crippen molar-refractivity contribution in [3.63, 3.8) is 0 Å². The molecule has 25 heteroatoms. The maximum Gasteiger partial charge on any atom is 0.187 e. The lowest BCUT2D eigenvalue weighted by atomic mass is 9.44. The first kappa shape index (κ1) is 59.3. The van der Waals surface area contributed by atoms with Gasteiger partial charge < -0.3 is 119 Å². The van der Waals surface area contributed by atoms with E-state index in [2.05, 4.69) is 13.8 Å². The van der Waals surface area contributed by atoms with E-state index in [-0.39, 0.29) is 71.8 Å². The Morgan fingerprint density at radius 2 is 1.13 bits per heavy atom. The van der Waals surface area contributed by atoms with Gasteiger partial charge in [0.05, 0.1) is 45.2 Å². The predicted molar refractivity (Wildman–Crippen MR) is 252 cm³/mol. The molecule has 0 radical (unpaired) electrons. The first-order chi connectivity index (χ1) is 35.9. The molecule has 76 heavy (non-hydrogen) atoms. The summed E-state index contributed by atoms with van der Waals surface area (Å²) < 4.78 is 53.2. The molecule has 15 N–H and O–H groups in total. The zero-order valence-corrected chi connectivity index (χ0v) is 43.4. The summed E-state index contributed by atoms with van der Waals surface area (Å²) in [4.78, 5) is 14.8. The van der Waals surface area contributed by atoms with Crippen molar-refractivity contribution >= 4 is 5.78 Å². The van der Waals surface area contributed by atoms with Gasteiger partial charge in [0, 0.05) is 30.1 Å². The summed E-state index contributed by atoms with van der Waals surface area (Å²) in [6.07, 6.45) is -27.9. The Morgan fingerprint density at radius 1 is 0.605 bits per heavy atom. The molecule has 4 aliphatic carbocycles. The van der Waals surface area contributed by atoms with Gasteiger partial charge in [0.25, 0.3) is 0 Å². The van der Waals surface area contributed by atoms with Crippen LogP contribution in [-0.4, -0.2) is 256 Å². The summed E-state index contributed by atoms with van der Waals surface area (Å²) >= 11 is 0. The lowest BCUT2D eigenvalue weighted by Gasteiger charge is -2.60. The molecule has 0 amide bonds. The lowest BCUT2D eigenvalue weighted by Crippen LogP contribution is -2.67. The molecule has 0 aromatic rings. The second kappa shape index (κ2) is 23.2. The van der Waals surface area contributed by atoms with E-state index >= 15 is 0 Å². The standard InChI is InChI=1S/C51H84O25/c1-19(18-68-45-40(64)36(60)33(57)27(14-52)70-45)7-10-51(67)20(2)32-26(76-51)12-25-23-6-5-21-11-22(8-9-49(21,3)24(23)13-31(56)50(25,32)4)69-46-42(66)39(63)43(30(17-55)73-46)74-48-44(38(62)35(59)29(16-54)72-48)75-47-41(65)37(61)34(58)28(15-53)71-47/h19-30,32-48,52-55,57-67H,5-18H2,1-4H3. The fourth-order valence-electron chi connectivity index (χ4n) is 15.3. The minimum Gasteiger partial charge on any atom is -0.394 e. The number of carbonyl (C=O) groups is 1. The van der Waals surface area contributed by atoms with Gasteiger partial charge in [0.1, 0.15) is 103 Å². The number of hydrogen-bond donors (Lipinski definition) is 15. The molecule has 5 aliphatic heterocycles. The van der Waals surface area contributed by atoms with Crippen LogP contribution in [0.25, 0.3) is 0 Å². The highest BCUT2D eigenvalue weighted by Crippen LogP contribution is 2.70. The van der Waals surface area contributed by atoms with Gasteiger partial charge >= 0.3 is 0 Å². The summed E-state index contributed by atoms with van der Waals surface area (Å²) in [6, 6.07) is 0. The van der Waals surface area contributed by atoms with E-state index in [4.69, 9.17) is 42.6 Å². The third-order valence-corrected chi connectivity index (χ3v) is 20.0. The molecule has 9 aliphatic rings. The Kier molecular flexibility index (Phi) is 18.1. The van der Waals surface area contributed by atoms with E-state index < -0.39 is 167 Å². The molecule has 0 aromatic heterocycles. The van der Waals surface area contributed by atoms with Crippen LogP contribution in [0.5, 0.6) is 0 Å². The lowest BCUT2D eigenvalue weighted by molar-refractivity contribution is -0.390. The Labute approximate surface area is 440 Å². The highest BCUT2D eigenvalue weighted by molar-refractivity contribution is 5.87. The molecule has 0 aromatic carbocycles. The molecule has 9 rings (SSSR count). The van der Waals surface area contributed by atoms with Crippen molar-refractivity contribution in [3.05, 3.63) is 0 Å². The maximum atomic E-state index is 14.8. The number of carbonyl (C=O) groups excluding carboxylic acids is 1. The van der Waals surface area contributed by atoms with Crippen LogP contribution in [0.15, 0.2) is 0 Å². The van der Waals surface area contributed by atoms with E-state index in [1.54, 1.807) is 0 Å². The average molecular weight is 1100 g/mol. The molecule has 9 fully saturated rings. The van der Waals surface area contributed by atoms with Crippen molar-refractivity contribution in [2.45, 2.75) is 226 Å². The summed E-state index contributed by atoms with van der Waals surface area (Å²) in [5.74, 6) is -1.50. The highest BCUT2D eigenvalue weighted by atomic mass is 16.8. The number of hydrogen-bond acceptors (Lipinski definition) is 25. The summed E-state index contributed by atoms with van der Waals surface area (Å²) in [6.45, 7) is 5.33. The minimum absolute atomic E-state index is 0.0487. The van der Waals surface area contributed by atoms with Gasteiger partial charge in [-0.15, -0.1) is 0 Å². The third-order valence-electron chi connectivity index (χ3n) is 20.0. The predicted octanol–water partition coefficient (Wildman–Crippen LogP) is -4.78. The van der Waals surface area contributed by atoms with Crippen molar-refractivity contribution in [2.75, 3.05) is 33.0 Å². The van der Waals surface area contributed by atoms with Gasteiger partial charge in [-0.2, -0.15) is 0 Å². The minimum atomic E-state index is -1.93. The molecular formula is C51H84O25. The zero-order chi connectivity index (χ0) is 55.1. The van der Waals surface area contributed by atoms with Gasteiger partial charge in [0.15, 0.2) is 30.9 Å². The fraction of sp³-hybridized carbons (Fsp3) is 0.980. The Bertz CT molecular complexity index is 1950. The van der Waals surface area contributed by atoms with Crippen LogP contribution in [0.2, 0.25) is 0 Å². The Hall–Kier alpha value is -1.29. The smallest absolute Gasteiger partial charge is 0.187 e. The van der Waals surface area contributed by atoms with Crippen molar-refractivity contribution < 1.29 is 124 Å². The van der Waals surface area contributed by atoms with Crippen LogP contribution in [-0.2, 0) is 47.4 Å². The van der Waals surface area contributed by atoms with Crippen LogP contribution in [0.1, 0.15) is 85.5 Å². The normalized spacial score (nSPS) is 54.9. The SMILES string of the molecule is CC(CCC1(O)OC2CC3C4CCC5CC(OC6OC(CO)C(OC7OC(CO)C(O)C(O)C7OC7OC(CO)C(O)C(O)C7O)C(O)C6O)CCC5(C)C4CC(=O)C3(C)C2C1C)COC1OC(CO)C(O)C(O)C1O. The van der Waals surface area contributed by atoms with Gasteiger partial charge in [0.2, 0.25) is 0 Å². The van der Waals surface area contributed by atoms with Gasteiger partial charge in [-0.25, -0.2) is 0 Å². The number of fused-ring (bicyclic) bond motifs is 7. The van der Waals surface area contributed by atoms with Crippen molar-refractivity contribution in [1.82, 2.24) is 0 Å². The number of rotatable bonds is 16. The summed E-state index contributed by atoms with van der Waals surface area (Å²) in [5.41, 5.74) is -0.935. The van der Waals surface area contributed by atoms with Crippen LogP contribution in [0, 0.1) is 52.3 Å². The van der Waals surface area contributed by atoms with Gasteiger partial charge in [-0.3, -0.25) is 4.79 Å². The molecule has 32 unspecified atom stereocenters. The molecule has 0 bridgehead atoms. The van der Waals surface area contributed by atoms with Crippen LogP contribution in [0.4, 0.5) is 0 Å². The number of aliphatic hydroxyl groups excluding tert-OH is 14. The number of Topliss-reactive ketones (excluding diaryl/α,β-unsaturated/α-hetero) is 1. The van der Waals surface area contributed by atoms with Crippen LogP contribution in [0.3, 0.4) is 0 Å². The van der Waals surface area contributed by atoms with Crippen LogP contribution >= 0.6 is 0 Å². The zero-order valence-electron chi connectivity index (χ0n) is 43.4. The Balaban J connectivity index is 0.797. The average Bonchev–Trinajstić information content (AvgIpc) is 3.85. The maximum absolute atomic E-state index is 14.8. The second-order valence-electron chi connectivity index (χ2n) is 24.1. The van der Waals surface area contributed by atoms with Gasteiger partial charge in [-0.1, -0.05) is 27.7 Å². The molecular weight excluding hydrogens is 1010 g/mol. The molecule has 5 heterocycles. The largest absolute Gasteiger partial charge is 0.394 e. The topological polar surface area (TPSA) is 404 Å². The molecule has 4 saturated carbocycles. The highest BCUT2D eigenvalue weighted by Gasteiger charge is 2.71. The van der Waals surface area contributed by atoms with Gasteiger partial charge in [-0.05, 0) is 80.0 Å². The monoisotopic (exact) mass is 1100 g/mol. The summed E-state index contributed by atoms with van der Waals surface area (Å²) in [7, 11) is 0. The Morgan fingerprint density at radius 3 is 1.76 bits per heavy atom. The van der Waals surface area contributed by atoms with E-state index in [0.717, 1.165) is 12.8 Å². The summed E-state index contributed by atoms with van der Waals surface area (Å²) in [5, 5.41) is 159. The molecule has 25 nitrogen and oxygen atoms in total. The van der Waals surface area contributed by atoms with E-state index in [1.165, 1.54) is 0 Å². The molecule has 0 spiro atoms. The number of aliphatic hydroxyl groups is 15. The van der Waals surface area contributed by atoms with Crippen molar-refractivity contribution in [1.29, 1.82) is 0 Å². The quantitative estimate of drug-likeness (QED) is 0.0645. The molecule has 5 saturated heterocycles. The molecule has 32 atom stereocenters. The van der Waals surface area contributed by atoms with Crippen molar-refractivity contribution in [3.8, 4) is 0 Å². The first-order valence-corrected chi connectivity index (χ1v) is 27.3. The fourth-order valence-corrected chi connectivity index (χ4v) is 15.3. The van der Waals surface area contributed by atoms with Crippen molar-refractivity contribution in [2.24, 2.45) is 52.3 Å². The second-order valence-corrected chi connectivity index (χ2v) is 24.1. The van der Waals surface area contributed by atoms with E-state index in [1.807, 2.05) is 13.8 Å². The first-order valence-electron chi connectivity index (χ1n) is 27.3.